The summed E-state index contributed by atoms with van der Waals surface area (Å²) in [7, 11) is 0. The standard InChI is InChI=1S/C17H24N4O5.ClH/c18-8-7-16(22)19-11-14-4-1-2-9-20(14)17(23)12-26-15-6-3-5-13(10-15)21(24)25;/h3,5-6,10,14H,1-2,4,7-9,11-12,18H2,(H,19,22);1H. The lowest BCUT2D eigenvalue weighted by Crippen LogP contribution is -2.50. The van der Waals surface area contributed by atoms with Crippen LogP contribution < -0.4 is 15.8 Å². The van der Waals surface area contributed by atoms with Crippen molar-refractivity contribution in [2.24, 2.45) is 5.73 Å². The summed E-state index contributed by atoms with van der Waals surface area (Å²) >= 11 is 0. The van der Waals surface area contributed by atoms with Crippen molar-refractivity contribution in [3.05, 3.63) is 34.4 Å². The number of carbonyl (C=O) groups excluding carboxylic acids is 2. The van der Waals surface area contributed by atoms with Gasteiger partial charge >= 0.3 is 0 Å². The fourth-order valence-corrected chi connectivity index (χ4v) is 2.91. The topological polar surface area (TPSA) is 128 Å². The number of ether oxygens (including phenoxy) is 1. The molecule has 150 valence electrons. The van der Waals surface area contributed by atoms with Crippen LogP contribution in [-0.2, 0) is 9.59 Å². The van der Waals surface area contributed by atoms with Gasteiger partial charge < -0.3 is 20.7 Å². The van der Waals surface area contributed by atoms with Crippen molar-refractivity contribution in [3.63, 3.8) is 0 Å². The molecule has 0 bridgehead atoms. The highest BCUT2D eigenvalue weighted by molar-refractivity contribution is 5.85. The van der Waals surface area contributed by atoms with Crippen LogP contribution >= 0.6 is 12.4 Å². The van der Waals surface area contributed by atoms with E-state index in [-0.39, 0.29) is 61.3 Å². The molecular weight excluding hydrogens is 376 g/mol. The molecule has 1 aromatic rings. The van der Waals surface area contributed by atoms with E-state index in [0.717, 1.165) is 19.3 Å². The van der Waals surface area contributed by atoms with Gasteiger partial charge in [-0.15, -0.1) is 12.4 Å². The van der Waals surface area contributed by atoms with E-state index in [1.165, 1.54) is 18.2 Å². The molecule has 1 saturated heterocycles. The van der Waals surface area contributed by atoms with Crippen LogP contribution in [0.1, 0.15) is 25.7 Å². The van der Waals surface area contributed by atoms with Crippen molar-refractivity contribution in [1.82, 2.24) is 10.2 Å². The van der Waals surface area contributed by atoms with Crippen LogP contribution in [0.15, 0.2) is 24.3 Å². The molecule has 1 aromatic carbocycles. The zero-order chi connectivity index (χ0) is 18.9. The molecule has 0 spiro atoms. The Morgan fingerprint density at radius 2 is 2.15 bits per heavy atom. The Morgan fingerprint density at radius 3 is 2.85 bits per heavy atom. The normalized spacial score (nSPS) is 16.2. The third-order valence-electron chi connectivity index (χ3n) is 4.24. The molecule has 0 aliphatic carbocycles. The van der Waals surface area contributed by atoms with Gasteiger partial charge in [0.15, 0.2) is 6.61 Å². The number of hydrogen-bond donors (Lipinski definition) is 2. The minimum absolute atomic E-state index is 0. The average Bonchev–Trinajstić information content (AvgIpc) is 2.65. The number of carbonyl (C=O) groups is 2. The molecule has 9 nitrogen and oxygen atoms in total. The largest absolute Gasteiger partial charge is 0.484 e. The Kier molecular flexibility index (Phi) is 9.52. The molecule has 1 atom stereocenters. The highest BCUT2D eigenvalue weighted by Gasteiger charge is 2.27. The number of nitro groups is 1. The Labute approximate surface area is 163 Å². The molecule has 1 unspecified atom stereocenters. The first-order valence-corrected chi connectivity index (χ1v) is 8.64. The van der Waals surface area contributed by atoms with Crippen LogP contribution in [0.25, 0.3) is 0 Å². The lowest BCUT2D eigenvalue weighted by Gasteiger charge is -2.35. The Morgan fingerprint density at radius 1 is 1.37 bits per heavy atom. The van der Waals surface area contributed by atoms with E-state index in [9.17, 15) is 19.7 Å². The van der Waals surface area contributed by atoms with Crippen molar-refractivity contribution >= 4 is 29.9 Å². The van der Waals surface area contributed by atoms with Crippen molar-refractivity contribution in [2.75, 3.05) is 26.2 Å². The molecule has 3 N–H and O–H groups in total. The van der Waals surface area contributed by atoms with Crippen LogP contribution in [0.5, 0.6) is 5.75 Å². The summed E-state index contributed by atoms with van der Waals surface area (Å²) in [6, 6.07) is 5.65. The highest BCUT2D eigenvalue weighted by atomic mass is 35.5. The summed E-state index contributed by atoms with van der Waals surface area (Å²) in [6.45, 7) is 1.08. The number of non-ortho nitro benzene ring substituents is 1. The quantitative estimate of drug-likeness (QED) is 0.499. The number of nitrogens with zero attached hydrogens (tertiary/aromatic N) is 2. The summed E-state index contributed by atoms with van der Waals surface area (Å²) in [4.78, 5) is 36.1. The second kappa shape index (κ2) is 11.3. The number of halogens is 1. The van der Waals surface area contributed by atoms with Gasteiger partial charge in [-0.1, -0.05) is 6.07 Å². The van der Waals surface area contributed by atoms with Crippen molar-refractivity contribution in [2.45, 2.75) is 31.7 Å². The maximum absolute atomic E-state index is 12.5. The fraction of sp³-hybridized carbons (Fsp3) is 0.529. The van der Waals surface area contributed by atoms with Crippen molar-refractivity contribution in [3.8, 4) is 5.75 Å². The summed E-state index contributed by atoms with van der Waals surface area (Å²) in [6.07, 6.45) is 2.96. The van der Waals surface area contributed by atoms with Crippen molar-refractivity contribution in [1.29, 1.82) is 0 Å². The molecule has 2 amide bonds. The molecule has 10 heteroatoms. The van der Waals surface area contributed by atoms with Crippen LogP contribution in [0.3, 0.4) is 0 Å². The van der Waals surface area contributed by atoms with E-state index in [2.05, 4.69) is 5.32 Å². The van der Waals surface area contributed by atoms with E-state index in [0.29, 0.717) is 13.1 Å². The molecule has 27 heavy (non-hydrogen) atoms. The van der Waals surface area contributed by atoms with E-state index in [1.807, 2.05) is 0 Å². The molecular formula is C17H25ClN4O5. The number of nitrogens with two attached hydrogens (primary N) is 1. The zero-order valence-electron chi connectivity index (χ0n) is 15.0. The number of piperidine rings is 1. The Balaban J connectivity index is 0.00000364. The maximum atomic E-state index is 12.5. The third kappa shape index (κ3) is 7.03. The molecule has 1 aliphatic heterocycles. The highest BCUT2D eigenvalue weighted by Crippen LogP contribution is 2.20. The molecule has 1 heterocycles. The van der Waals surface area contributed by atoms with Gasteiger partial charge in [-0.25, -0.2) is 0 Å². The van der Waals surface area contributed by atoms with Crippen LogP contribution in [0.2, 0.25) is 0 Å². The summed E-state index contributed by atoms with van der Waals surface area (Å²) in [5, 5.41) is 13.6. The van der Waals surface area contributed by atoms with Gasteiger partial charge in [0.25, 0.3) is 11.6 Å². The Bertz CT molecular complexity index is 658. The lowest BCUT2D eigenvalue weighted by molar-refractivity contribution is -0.384. The average molecular weight is 401 g/mol. The smallest absolute Gasteiger partial charge is 0.273 e. The first-order valence-electron chi connectivity index (χ1n) is 8.64. The van der Waals surface area contributed by atoms with E-state index in [4.69, 9.17) is 10.5 Å². The lowest BCUT2D eigenvalue weighted by atomic mass is 10.0. The molecule has 0 radical (unpaired) electrons. The van der Waals surface area contributed by atoms with Gasteiger partial charge in [-0.05, 0) is 25.3 Å². The summed E-state index contributed by atoms with van der Waals surface area (Å²) in [5.41, 5.74) is 5.26. The molecule has 0 aromatic heterocycles. The van der Waals surface area contributed by atoms with Crippen LogP contribution in [-0.4, -0.2) is 53.9 Å². The van der Waals surface area contributed by atoms with Crippen LogP contribution in [0.4, 0.5) is 5.69 Å². The van der Waals surface area contributed by atoms with Gasteiger partial charge in [0, 0.05) is 38.2 Å². The summed E-state index contributed by atoms with van der Waals surface area (Å²) < 4.78 is 5.42. The van der Waals surface area contributed by atoms with E-state index < -0.39 is 4.92 Å². The number of amides is 2. The van der Waals surface area contributed by atoms with Gasteiger partial charge in [-0.3, -0.25) is 19.7 Å². The van der Waals surface area contributed by atoms with Gasteiger partial charge in [-0.2, -0.15) is 0 Å². The predicted molar refractivity (Wildman–Crippen MR) is 102 cm³/mol. The Hall–Kier alpha value is -2.39. The number of rotatable bonds is 8. The van der Waals surface area contributed by atoms with Crippen molar-refractivity contribution < 1.29 is 19.2 Å². The monoisotopic (exact) mass is 400 g/mol. The number of nitrogens with one attached hydrogen (secondary N) is 1. The van der Waals surface area contributed by atoms with E-state index >= 15 is 0 Å². The maximum Gasteiger partial charge on any atom is 0.273 e. The molecule has 0 saturated carbocycles. The van der Waals surface area contributed by atoms with Gasteiger partial charge in [0.1, 0.15) is 5.75 Å². The minimum Gasteiger partial charge on any atom is -0.484 e. The third-order valence-corrected chi connectivity index (χ3v) is 4.24. The predicted octanol–water partition coefficient (Wildman–Crippen LogP) is 1.24. The first-order chi connectivity index (χ1) is 12.5. The molecule has 2 rings (SSSR count). The van der Waals surface area contributed by atoms with Gasteiger partial charge in [0.2, 0.25) is 5.91 Å². The minimum atomic E-state index is -0.515. The number of benzene rings is 1. The molecule has 1 aliphatic rings. The zero-order valence-corrected chi connectivity index (χ0v) is 15.8. The van der Waals surface area contributed by atoms with Crippen LogP contribution in [0, 0.1) is 10.1 Å². The first kappa shape index (κ1) is 22.7. The fourth-order valence-electron chi connectivity index (χ4n) is 2.91. The number of nitro benzene ring substituents is 1. The number of hydrogen-bond acceptors (Lipinski definition) is 6. The second-order valence-electron chi connectivity index (χ2n) is 6.12. The SMILES string of the molecule is Cl.NCCC(=O)NCC1CCCCN1C(=O)COc1cccc([N+](=O)[O-])c1. The molecule has 1 fully saturated rings. The number of likely N-dealkylation sites (tertiary alicyclic amines) is 1. The summed E-state index contributed by atoms with van der Waals surface area (Å²) in [5.74, 6) is -0.0510. The second-order valence-corrected chi connectivity index (χ2v) is 6.12. The van der Waals surface area contributed by atoms with E-state index in [1.54, 1.807) is 11.0 Å². The van der Waals surface area contributed by atoms with Gasteiger partial charge in [0.05, 0.1) is 11.0 Å².